The number of pyridine rings is 1. The van der Waals surface area contributed by atoms with Gasteiger partial charge in [-0.3, -0.25) is 4.79 Å². The predicted octanol–water partition coefficient (Wildman–Crippen LogP) is 2.54. The van der Waals surface area contributed by atoms with Crippen LogP contribution in [0.3, 0.4) is 0 Å². The van der Waals surface area contributed by atoms with Crippen LogP contribution in [-0.4, -0.2) is 30.9 Å². The molecule has 1 aliphatic carbocycles. The van der Waals surface area contributed by atoms with Gasteiger partial charge in [0.15, 0.2) is 0 Å². The normalized spacial score (nSPS) is 15.9. The number of aryl methyl sites for hydroxylation is 1. The number of hydrogen-bond acceptors (Lipinski definition) is 5. The van der Waals surface area contributed by atoms with Gasteiger partial charge in [-0.05, 0) is 43.4 Å². The molecule has 1 N–H and O–H groups in total. The fourth-order valence-corrected chi connectivity index (χ4v) is 3.47. The largest absolute Gasteiger partial charge is 0.469 e. The maximum Gasteiger partial charge on any atom is 0.306 e. The van der Waals surface area contributed by atoms with E-state index in [0.717, 1.165) is 30.2 Å². The first-order chi connectivity index (χ1) is 9.58. The molecule has 110 valence electrons. The first-order valence-corrected chi connectivity index (χ1v) is 7.87. The second kappa shape index (κ2) is 6.59. The number of carbonyl (C=O) groups is 1. The second-order valence-electron chi connectivity index (χ2n) is 5.54. The van der Waals surface area contributed by atoms with Gasteiger partial charge in [0.1, 0.15) is 0 Å². The summed E-state index contributed by atoms with van der Waals surface area (Å²) in [5, 5.41) is 4.20. The molecule has 0 radical (unpaired) electrons. The third-order valence-electron chi connectivity index (χ3n) is 3.69. The highest BCUT2D eigenvalue weighted by Crippen LogP contribution is 2.52. The Morgan fingerprint density at radius 1 is 1.55 bits per heavy atom. The quantitative estimate of drug-likeness (QED) is 0.618. The van der Waals surface area contributed by atoms with Gasteiger partial charge in [0.05, 0.1) is 18.6 Å². The Morgan fingerprint density at radius 3 is 2.85 bits per heavy atom. The summed E-state index contributed by atoms with van der Waals surface area (Å²) in [7, 11) is 3.39. The molecular weight excluding hydrogens is 272 g/mol. The van der Waals surface area contributed by atoms with Crippen molar-refractivity contribution in [3.63, 3.8) is 0 Å². The molecule has 0 spiro atoms. The van der Waals surface area contributed by atoms with Gasteiger partial charge in [0.2, 0.25) is 0 Å². The number of nitrogens with one attached hydrogen (secondary N) is 1. The average Bonchev–Trinajstić information content (AvgIpc) is 3.18. The molecule has 0 saturated heterocycles. The number of methoxy groups -OCH3 is 1. The number of esters is 1. The summed E-state index contributed by atoms with van der Waals surface area (Å²) >= 11 is 1.76. The fraction of sp³-hybridized carbons (Fsp3) is 0.600. The lowest BCUT2D eigenvalue weighted by atomic mass is 10.1. The molecule has 4 nitrogen and oxygen atoms in total. The van der Waals surface area contributed by atoms with Crippen molar-refractivity contribution in [1.82, 2.24) is 10.3 Å². The SMILES string of the molecule is CNCc1cnc(SCC2(CC(=O)OC)CC2)c(C)c1. The van der Waals surface area contributed by atoms with Crippen molar-refractivity contribution in [3.8, 4) is 0 Å². The van der Waals surface area contributed by atoms with Gasteiger partial charge in [-0.1, -0.05) is 6.07 Å². The van der Waals surface area contributed by atoms with Crippen LogP contribution >= 0.6 is 11.8 Å². The Balaban J connectivity index is 1.92. The van der Waals surface area contributed by atoms with Crippen LogP contribution in [0, 0.1) is 12.3 Å². The van der Waals surface area contributed by atoms with Crippen LogP contribution in [0.15, 0.2) is 17.3 Å². The van der Waals surface area contributed by atoms with Crippen LogP contribution in [0.5, 0.6) is 0 Å². The van der Waals surface area contributed by atoms with E-state index in [2.05, 4.69) is 23.3 Å². The molecule has 1 aliphatic rings. The lowest BCUT2D eigenvalue weighted by molar-refractivity contribution is -0.141. The van der Waals surface area contributed by atoms with Crippen LogP contribution in [-0.2, 0) is 16.1 Å². The average molecular weight is 294 g/mol. The molecule has 0 bridgehead atoms. The second-order valence-corrected chi connectivity index (χ2v) is 6.50. The molecule has 1 fully saturated rings. The number of hydrogen-bond donors (Lipinski definition) is 1. The highest BCUT2D eigenvalue weighted by atomic mass is 32.2. The van der Waals surface area contributed by atoms with Gasteiger partial charge < -0.3 is 10.1 Å². The van der Waals surface area contributed by atoms with E-state index >= 15 is 0 Å². The van der Waals surface area contributed by atoms with Crippen LogP contribution in [0.2, 0.25) is 0 Å². The van der Waals surface area contributed by atoms with Gasteiger partial charge in [-0.25, -0.2) is 4.98 Å². The summed E-state index contributed by atoms with van der Waals surface area (Å²) in [5.41, 5.74) is 2.55. The van der Waals surface area contributed by atoms with Crippen LogP contribution in [0.1, 0.15) is 30.4 Å². The van der Waals surface area contributed by atoms with E-state index in [1.165, 1.54) is 18.2 Å². The monoisotopic (exact) mass is 294 g/mol. The van der Waals surface area contributed by atoms with Gasteiger partial charge in [-0.15, -0.1) is 11.8 Å². The summed E-state index contributed by atoms with van der Waals surface area (Å²) in [6.45, 7) is 2.93. The predicted molar refractivity (Wildman–Crippen MR) is 80.8 cm³/mol. The van der Waals surface area contributed by atoms with E-state index in [-0.39, 0.29) is 11.4 Å². The van der Waals surface area contributed by atoms with Crippen molar-refractivity contribution in [2.45, 2.75) is 37.8 Å². The van der Waals surface area contributed by atoms with Gasteiger partial charge in [0, 0.05) is 18.5 Å². The first kappa shape index (κ1) is 15.3. The number of aromatic nitrogens is 1. The minimum atomic E-state index is -0.0999. The fourth-order valence-electron chi connectivity index (χ4n) is 2.22. The van der Waals surface area contributed by atoms with Crippen molar-refractivity contribution in [2.75, 3.05) is 19.9 Å². The van der Waals surface area contributed by atoms with Crippen molar-refractivity contribution in [3.05, 3.63) is 23.4 Å². The smallest absolute Gasteiger partial charge is 0.306 e. The van der Waals surface area contributed by atoms with Crippen LogP contribution in [0.4, 0.5) is 0 Å². The molecule has 1 saturated carbocycles. The standard InChI is InChI=1S/C15H22N2O2S/c1-11-6-12(8-16-2)9-17-14(11)20-10-15(4-5-15)7-13(18)19-3/h6,9,16H,4-5,7-8,10H2,1-3H3. The van der Waals surface area contributed by atoms with Gasteiger partial charge in [-0.2, -0.15) is 0 Å². The van der Waals surface area contributed by atoms with E-state index in [4.69, 9.17) is 4.74 Å². The molecule has 20 heavy (non-hydrogen) atoms. The van der Waals surface area contributed by atoms with Crippen LogP contribution < -0.4 is 5.32 Å². The minimum Gasteiger partial charge on any atom is -0.469 e. The zero-order valence-corrected chi connectivity index (χ0v) is 13.2. The maximum atomic E-state index is 11.4. The van der Waals surface area contributed by atoms with Gasteiger partial charge in [0.25, 0.3) is 0 Å². The number of nitrogens with zero attached hydrogens (tertiary/aromatic N) is 1. The Hall–Kier alpha value is -1.07. The highest BCUT2D eigenvalue weighted by molar-refractivity contribution is 7.99. The van der Waals surface area contributed by atoms with E-state index in [9.17, 15) is 4.79 Å². The molecule has 5 heteroatoms. The van der Waals surface area contributed by atoms with E-state index in [0.29, 0.717) is 6.42 Å². The molecular formula is C15H22N2O2S. The lowest BCUT2D eigenvalue weighted by Gasteiger charge is -2.14. The topological polar surface area (TPSA) is 51.2 Å². The molecule has 1 aromatic heterocycles. The highest BCUT2D eigenvalue weighted by Gasteiger charge is 2.44. The molecule has 2 rings (SSSR count). The number of rotatable bonds is 7. The molecule has 0 aliphatic heterocycles. The van der Waals surface area contributed by atoms with E-state index < -0.39 is 0 Å². The Labute approximate surface area is 124 Å². The molecule has 0 amide bonds. The summed E-state index contributed by atoms with van der Waals surface area (Å²) in [6, 6.07) is 2.17. The summed E-state index contributed by atoms with van der Waals surface area (Å²) in [4.78, 5) is 15.9. The summed E-state index contributed by atoms with van der Waals surface area (Å²) < 4.78 is 4.77. The van der Waals surface area contributed by atoms with Crippen LogP contribution in [0.25, 0.3) is 0 Å². The number of ether oxygens (including phenoxy) is 1. The molecule has 0 unspecified atom stereocenters. The maximum absolute atomic E-state index is 11.4. The first-order valence-electron chi connectivity index (χ1n) is 6.88. The number of thioether (sulfide) groups is 1. The Kier molecular flexibility index (Phi) is 5.05. The van der Waals surface area contributed by atoms with Crippen molar-refractivity contribution < 1.29 is 9.53 Å². The van der Waals surface area contributed by atoms with Crippen molar-refractivity contribution in [2.24, 2.45) is 5.41 Å². The minimum absolute atomic E-state index is 0.0999. The van der Waals surface area contributed by atoms with E-state index in [1.807, 2.05) is 13.2 Å². The lowest BCUT2D eigenvalue weighted by Crippen LogP contribution is -2.13. The number of carbonyl (C=O) groups excluding carboxylic acids is 1. The molecule has 1 heterocycles. The summed E-state index contributed by atoms with van der Waals surface area (Å²) in [6.07, 6.45) is 4.69. The third-order valence-corrected chi connectivity index (χ3v) is 5.14. The third kappa shape index (κ3) is 3.96. The zero-order chi connectivity index (χ0) is 14.6. The van der Waals surface area contributed by atoms with Crippen molar-refractivity contribution >= 4 is 17.7 Å². The Bertz CT molecular complexity index is 487. The Morgan fingerprint density at radius 2 is 2.30 bits per heavy atom. The molecule has 0 aromatic carbocycles. The molecule has 1 aromatic rings. The van der Waals surface area contributed by atoms with Gasteiger partial charge >= 0.3 is 5.97 Å². The molecule has 0 atom stereocenters. The van der Waals surface area contributed by atoms with Crippen molar-refractivity contribution in [1.29, 1.82) is 0 Å². The zero-order valence-electron chi connectivity index (χ0n) is 12.4. The summed E-state index contributed by atoms with van der Waals surface area (Å²) in [5.74, 6) is 0.846. The van der Waals surface area contributed by atoms with E-state index in [1.54, 1.807) is 11.8 Å².